The molecule has 4 nitrogen and oxygen atoms in total. The number of nitrogens with one attached hydrogen (secondary N) is 1. The molecule has 1 aliphatic rings. The van der Waals surface area contributed by atoms with Gasteiger partial charge in [-0.3, -0.25) is 9.59 Å². The fourth-order valence-corrected chi connectivity index (χ4v) is 3.31. The second-order valence-corrected chi connectivity index (χ2v) is 6.55. The van der Waals surface area contributed by atoms with Gasteiger partial charge in [-0.05, 0) is 66.6 Å². The summed E-state index contributed by atoms with van der Waals surface area (Å²) in [5, 5.41) is 2.88. The molecule has 1 amide bonds. The summed E-state index contributed by atoms with van der Waals surface area (Å²) in [4.78, 5) is 24.4. The minimum atomic E-state index is -0.577. The average molecular weight is 355 g/mol. The van der Waals surface area contributed by atoms with Crippen molar-refractivity contribution < 1.29 is 18.7 Å². The van der Waals surface area contributed by atoms with Crippen LogP contribution < -0.4 is 5.32 Å². The molecule has 1 atom stereocenters. The number of ether oxygens (including phenoxy) is 1. The van der Waals surface area contributed by atoms with Gasteiger partial charge in [-0.2, -0.15) is 0 Å². The molecule has 5 heteroatoms. The van der Waals surface area contributed by atoms with E-state index in [0.29, 0.717) is 11.1 Å². The van der Waals surface area contributed by atoms with E-state index >= 15 is 0 Å². The van der Waals surface area contributed by atoms with Crippen LogP contribution in [0.15, 0.2) is 42.5 Å². The fraction of sp³-hybridized carbons (Fsp3) is 0.333. The molecular formula is C21H22FNO3. The van der Waals surface area contributed by atoms with Crippen molar-refractivity contribution in [2.45, 2.75) is 38.1 Å². The zero-order valence-electron chi connectivity index (χ0n) is 14.8. The van der Waals surface area contributed by atoms with Gasteiger partial charge in [-0.15, -0.1) is 0 Å². The van der Waals surface area contributed by atoms with E-state index in [-0.39, 0.29) is 18.1 Å². The molecule has 0 saturated heterocycles. The van der Waals surface area contributed by atoms with E-state index in [1.165, 1.54) is 36.8 Å². The highest BCUT2D eigenvalue weighted by Gasteiger charge is 2.21. The Morgan fingerprint density at radius 3 is 2.46 bits per heavy atom. The van der Waals surface area contributed by atoms with E-state index in [1.807, 2.05) is 18.2 Å². The number of benzene rings is 2. The Morgan fingerprint density at radius 2 is 1.77 bits per heavy atom. The lowest BCUT2D eigenvalue weighted by molar-refractivity contribution is -0.141. The summed E-state index contributed by atoms with van der Waals surface area (Å²) in [7, 11) is 1.30. The lowest BCUT2D eigenvalue weighted by Gasteiger charge is -2.20. The van der Waals surface area contributed by atoms with Crippen molar-refractivity contribution in [3.05, 3.63) is 70.5 Å². The zero-order valence-corrected chi connectivity index (χ0v) is 14.8. The number of methoxy groups -OCH3 is 1. The van der Waals surface area contributed by atoms with Gasteiger partial charge >= 0.3 is 5.97 Å². The van der Waals surface area contributed by atoms with Gasteiger partial charge in [0.05, 0.1) is 19.6 Å². The number of hydrogen-bond acceptors (Lipinski definition) is 3. The van der Waals surface area contributed by atoms with Crippen molar-refractivity contribution in [3.63, 3.8) is 0 Å². The summed E-state index contributed by atoms with van der Waals surface area (Å²) in [5.74, 6) is -1.06. The summed E-state index contributed by atoms with van der Waals surface area (Å²) in [6.45, 7) is 0. The quantitative estimate of drug-likeness (QED) is 0.832. The molecule has 0 fully saturated rings. The van der Waals surface area contributed by atoms with E-state index in [2.05, 4.69) is 5.32 Å². The standard InChI is InChI=1S/C21H22FNO3/c1-26-20(24)13-19(15-8-10-18(22)11-9-15)23-21(25)17-7-6-14-4-2-3-5-16(14)12-17/h6-12,19H,2-5,13H2,1H3,(H,23,25). The Balaban J connectivity index is 1.80. The van der Waals surface area contributed by atoms with Crippen LogP contribution in [0.2, 0.25) is 0 Å². The van der Waals surface area contributed by atoms with Crippen molar-refractivity contribution in [1.82, 2.24) is 5.32 Å². The first kappa shape index (κ1) is 18.1. The third-order valence-electron chi connectivity index (χ3n) is 4.79. The minimum absolute atomic E-state index is 0.0151. The van der Waals surface area contributed by atoms with Crippen LogP contribution in [-0.4, -0.2) is 19.0 Å². The van der Waals surface area contributed by atoms with Gasteiger partial charge in [0.1, 0.15) is 5.82 Å². The Morgan fingerprint density at radius 1 is 1.08 bits per heavy atom. The Labute approximate surface area is 152 Å². The van der Waals surface area contributed by atoms with E-state index < -0.39 is 12.0 Å². The van der Waals surface area contributed by atoms with Crippen LogP contribution >= 0.6 is 0 Å². The van der Waals surface area contributed by atoms with Crippen molar-refractivity contribution in [2.75, 3.05) is 7.11 Å². The van der Waals surface area contributed by atoms with Gasteiger partial charge in [0.2, 0.25) is 0 Å². The van der Waals surface area contributed by atoms with Crippen molar-refractivity contribution in [3.8, 4) is 0 Å². The number of aryl methyl sites for hydroxylation is 2. The first-order valence-corrected chi connectivity index (χ1v) is 8.82. The third-order valence-corrected chi connectivity index (χ3v) is 4.79. The van der Waals surface area contributed by atoms with Gasteiger partial charge in [0.15, 0.2) is 0 Å². The van der Waals surface area contributed by atoms with Crippen LogP contribution in [0.3, 0.4) is 0 Å². The van der Waals surface area contributed by atoms with Gasteiger partial charge in [0.25, 0.3) is 5.91 Å². The SMILES string of the molecule is COC(=O)CC(NC(=O)c1ccc2c(c1)CCCC2)c1ccc(F)cc1. The van der Waals surface area contributed by atoms with E-state index in [9.17, 15) is 14.0 Å². The molecular weight excluding hydrogens is 333 g/mol. The first-order chi connectivity index (χ1) is 12.6. The molecule has 0 aromatic heterocycles. The maximum atomic E-state index is 13.2. The molecule has 26 heavy (non-hydrogen) atoms. The number of amides is 1. The summed E-state index contributed by atoms with van der Waals surface area (Å²) in [5.41, 5.74) is 3.75. The van der Waals surface area contributed by atoms with Crippen LogP contribution in [0.5, 0.6) is 0 Å². The van der Waals surface area contributed by atoms with E-state index in [1.54, 1.807) is 12.1 Å². The van der Waals surface area contributed by atoms with Crippen molar-refractivity contribution >= 4 is 11.9 Å². The molecule has 1 N–H and O–H groups in total. The van der Waals surface area contributed by atoms with E-state index in [4.69, 9.17) is 4.74 Å². The van der Waals surface area contributed by atoms with Crippen LogP contribution in [0.25, 0.3) is 0 Å². The molecule has 0 aliphatic heterocycles. The molecule has 2 aromatic rings. The summed E-state index contributed by atoms with van der Waals surface area (Å²) >= 11 is 0. The van der Waals surface area contributed by atoms with E-state index in [0.717, 1.165) is 19.3 Å². The Hall–Kier alpha value is -2.69. The number of rotatable bonds is 5. The molecule has 0 bridgehead atoms. The highest BCUT2D eigenvalue weighted by atomic mass is 19.1. The predicted molar refractivity (Wildman–Crippen MR) is 96.3 cm³/mol. The Kier molecular flexibility index (Phi) is 5.66. The number of halogens is 1. The predicted octanol–water partition coefficient (Wildman–Crippen LogP) is 3.74. The lowest BCUT2D eigenvalue weighted by Crippen LogP contribution is -2.30. The second-order valence-electron chi connectivity index (χ2n) is 6.55. The largest absolute Gasteiger partial charge is 0.469 e. The summed E-state index contributed by atoms with van der Waals surface area (Å²) < 4.78 is 17.9. The number of carbonyl (C=O) groups excluding carboxylic acids is 2. The van der Waals surface area contributed by atoms with Gasteiger partial charge in [0, 0.05) is 5.56 Å². The molecule has 3 rings (SSSR count). The molecule has 1 unspecified atom stereocenters. The number of carbonyl (C=O) groups is 2. The van der Waals surface area contributed by atoms with Crippen LogP contribution in [0, 0.1) is 5.82 Å². The second kappa shape index (κ2) is 8.13. The number of fused-ring (bicyclic) bond motifs is 1. The van der Waals surface area contributed by atoms with Gasteiger partial charge in [-0.1, -0.05) is 18.2 Å². The van der Waals surface area contributed by atoms with Crippen molar-refractivity contribution in [1.29, 1.82) is 0 Å². The fourth-order valence-electron chi connectivity index (χ4n) is 3.31. The smallest absolute Gasteiger partial charge is 0.307 e. The topological polar surface area (TPSA) is 55.4 Å². The monoisotopic (exact) mass is 355 g/mol. The number of esters is 1. The maximum Gasteiger partial charge on any atom is 0.307 e. The lowest BCUT2D eigenvalue weighted by atomic mass is 9.90. The molecule has 0 heterocycles. The molecule has 0 saturated carbocycles. The molecule has 1 aliphatic carbocycles. The first-order valence-electron chi connectivity index (χ1n) is 8.82. The highest BCUT2D eigenvalue weighted by Crippen LogP contribution is 2.23. The molecule has 0 spiro atoms. The normalized spacial score (nSPS) is 14.2. The average Bonchev–Trinajstić information content (AvgIpc) is 2.67. The van der Waals surface area contributed by atoms with Crippen LogP contribution in [-0.2, 0) is 22.4 Å². The summed E-state index contributed by atoms with van der Waals surface area (Å²) in [6.07, 6.45) is 4.35. The number of hydrogen-bond donors (Lipinski definition) is 1. The summed E-state index contributed by atoms with van der Waals surface area (Å²) in [6, 6.07) is 10.9. The van der Waals surface area contributed by atoms with Crippen LogP contribution in [0.1, 0.15) is 52.4 Å². The maximum absolute atomic E-state index is 13.2. The zero-order chi connectivity index (χ0) is 18.5. The van der Waals surface area contributed by atoms with Gasteiger partial charge < -0.3 is 10.1 Å². The minimum Gasteiger partial charge on any atom is -0.469 e. The molecule has 0 radical (unpaired) electrons. The van der Waals surface area contributed by atoms with Crippen LogP contribution in [0.4, 0.5) is 4.39 Å². The van der Waals surface area contributed by atoms with Gasteiger partial charge in [-0.25, -0.2) is 4.39 Å². The Bertz CT molecular complexity index is 801. The van der Waals surface area contributed by atoms with Crippen molar-refractivity contribution in [2.24, 2.45) is 0 Å². The highest BCUT2D eigenvalue weighted by molar-refractivity contribution is 5.95. The third kappa shape index (κ3) is 4.28. The molecule has 136 valence electrons. The molecule has 2 aromatic carbocycles.